The number of hydrogen-bond acceptors (Lipinski definition) is 3. The van der Waals surface area contributed by atoms with E-state index in [0.29, 0.717) is 22.7 Å². The molecule has 3 rings (SSSR count). The molecule has 0 amide bonds. The molecule has 1 aromatic carbocycles. The van der Waals surface area contributed by atoms with E-state index in [1.54, 1.807) is 22.9 Å². The number of halogens is 2. The quantitative estimate of drug-likeness (QED) is 0.703. The summed E-state index contributed by atoms with van der Waals surface area (Å²) in [7, 11) is 0. The number of aromatic nitrogens is 3. The highest BCUT2D eigenvalue weighted by Gasteiger charge is 2.10. The Labute approximate surface area is 110 Å². The molecule has 6 heteroatoms. The first-order valence-corrected chi connectivity index (χ1v) is 5.98. The Hall–Kier alpha value is -1.95. The van der Waals surface area contributed by atoms with Crippen molar-refractivity contribution >= 4 is 27.4 Å². The predicted molar refractivity (Wildman–Crippen MR) is 70.5 cm³/mol. The first-order valence-electron chi connectivity index (χ1n) is 5.19. The van der Waals surface area contributed by atoms with Crippen molar-refractivity contribution in [1.82, 2.24) is 14.4 Å². The minimum atomic E-state index is -0.355. The van der Waals surface area contributed by atoms with Gasteiger partial charge in [-0.25, -0.2) is 14.4 Å². The van der Waals surface area contributed by atoms with Crippen molar-refractivity contribution in [2.75, 3.05) is 5.73 Å². The zero-order valence-electron chi connectivity index (χ0n) is 9.14. The fraction of sp³-hybridized carbons (Fsp3) is 0. The zero-order chi connectivity index (χ0) is 12.7. The summed E-state index contributed by atoms with van der Waals surface area (Å²) >= 11 is 3.32. The molecule has 0 aliphatic heterocycles. The van der Waals surface area contributed by atoms with Gasteiger partial charge in [0.2, 0.25) is 5.78 Å². The first-order chi connectivity index (χ1) is 8.63. The molecule has 18 heavy (non-hydrogen) atoms. The lowest BCUT2D eigenvalue weighted by Gasteiger charge is -2.00. The number of rotatable bonds is 1. The number of hydrogen-bond donors (Lipinski definition) is 1. The van der Waals surface area contributed by atoms with Crippen LogP contribution in [0, 0.1) is 5.82 Å². The van der Waals surface area contributed by atoms with Crippen LogP contribution in [0.4, 0.5) is 10.1 Å². The van der Waals surface area contributed by atoms with Crippen LogP contribution in [0.2, 0.25) is 0 Å². The van der Waals surface area contributed by atoms with Gasteiger partial charge in [-0.05, 0) is 34.1 Å². The number of nitrogens with two attached hydrogens (primary N) is 1. The predicted octanol–water partition coefficient (Wildman–Crippen LogP) is 2.88. The standard InChI is InChI=1S/C12H8BrFN4/c13-7-4-16-12-17-11(6-18(12)5-7)9-3-8(15)1-2-10(9)14/h1-6H,15H2. The number of anilines is 1. The molecule has 2 N–H and O–H groups in total. The van der Waals surface area contributed by atoms with Crippen molar-refractivity contribution in [3.8, 4) is 11.3 Å². The molecular formula is C12H8BrFN4. The van der Waals surface area contributed by atoms with Crippen LogP contribution in [0.15, 0.2) is 41.3 Å². The molecular weight excluding hydrogens is 299 g/mol. The second kappa shape index (κ2) is 4.06. The Balaban J connectivity index is 2.22. The van der Waals surface area contributed by atoms with E-state index in [4.69, 9.17) is 5.73 Å². The molecule has 90 valence electrons. The maximum absolute atomic E-state index is 13.7. The Bertz CT molecular complexity index is 738. The topological polar surface area (TPSA) is 56.2 Å². The maximum atomic E-state index is 13.7. The van der Waals surface area contributed by atoms with Gasteiger partial charge in [-0.3, -0.25) is 4.40 Å². The number of nitrogens with zero attached hydrogens (tertiary/aromatic N) is 3. The van der Waals surface area contributed by atoms with E-state index >= 15 is 0 Å². The molecule has 0 aliphatic carbocycles. The average molecular weight is 307 g/mol. The molecule has 0 atom stereocenters. The van der Waals surface area contributed by atoms with E-state index in [2.05, 4.69) is 25.9 Å². The number of benzene rings is 1. The molecule has 0 bridgehead atoms. The van der Waals surface area contributed by atoms with Crippen LogP contribution in [0.5, 0.6) is 0 Å². The third-order valence-electron chi connectivity index (χ3n) is 2.54. The molecule has 2 aromatic heterocycles. The van der Waals surface area contributed by atoms with Crippen LogP contribution in [-0.2, 0) is 0 Å². The molecule has 2 heterocycles. The molecule has 0 aliphatic rings. The lowest BCUT2D eigenvalue weighted by molar-refractivity contribution is 0.631. The Morgan fingerprint density at radius 3 is 2.94 bits per heavy atom. The third-order valence-corrected chi connectivity index (χ3v) is 2.95. The minimum absolute atomic E-state index is 0.355. The molecule has 0 spiro atoms. The summed E-state index contributed by atoms with van der Waals surface area (Å²) in [5.41, 5.74) is 7.03. The van der Waals surface area contributed by atoms with E-state index in [1.807, 2.05) is 6.20 Å². The van der Waals surface area contributed by atoms with Crippen molar-refractivity contribution in [3.63, 3.8) is 0 Å². The Morgan fingerprint density at radius 1 is 1.28 bits per heavy atom. The third kappa shape index (κ3) is 1.84. The van der Waals surface area contributed by atoms with Gasteiger partial charge in [0.15, 0.2) is 0 Å². The van der Waals surface area contributed by atoms with Crippen LogP contribution >= 0.6 is 15.9 Å². The molecule has 3 aromatic rings. The van der Waals surface area contributed by atoms with Gasteiger partial charge < -0.3 is 5.73 Å². The van der Waals surface area contributed by atoms with Crippen LogP contribution in [0.1, 0.15) is 0 Å². The highest BCUT2D eigenvalue weighted by Crippen LogP contribution is 2.24. The molecule has 4 nitrogen and oxygen atoms in total. The van der Waals surface area contributed by atoms with E-state index < -0.39 is 0 Å². The highest BCUT2D eigenvalue weighted by atomic mass is 79.9. The van der Waals surface area contributed by atoms with Gasteiger partial charge in [-0.2, -0.15) is 0 Å². The second-order valence-corrected chi connectivity index (χ2v) is 4.76. The molecule has 0 saturated carbocycles. The number of fused-ring (bicyclic) bond motifs is 1. The van der Waals surface area contributed by atoms with Crippen molar-refractivity contribution in [2.45, 2.75) is 0 Å². The number of imidazole rings is 1. The van der Waals surface area contributed by atoms with Gasteiger partial charge >= 0.3 is 0 Å². The largest absolute Gasteiger partial charge is 0.399 e. The SMILES string of the molecule is Nc1ccc(F)c(-c2cn3cc(Br)cnc3n2)c1. The van der Waals surface area contributed by atoms with Gasteiger partial charge in [-0.1, -0.05) is 0 Å². The van der Waals surface area contributed by atoms with E-state index in [9.17, 15) is 4.39 Å². The minimum Gasteiger partial charge on any atom is -0.399 e. The van der Waals surface area contributed by atoms with Gasteiger partial charge in [0, 0.05) is 29.8 Å². The van der Waals surface area contributed by atoms with Crippen molar-refractivity contribution in [1.29, 1.82) is 0 Å². The average Bonchev–Trinajstić information content (AvgIpc) is 2.74. The van der Waals surface area contributed by atoms with Gasteiger partial charge in [0.05, 0.1) is 10.2 Å². The summed E-state index contributed by atoms with van der Waals surface area (Å²) in [5, 5.41) is 0. The van der Waals surface area contributed by atoms with Gasteiger partial charge in [-0.15, -0.1) is 0 Å². The van der Waals surface area contributed by atoms with Crippen molar-refractivity contribution < 1.29 is 4.39 Å². The van der Waals surface area contributed by atoms with E-state index in [1.165, 1.54) is 12.1 Å². The zero-order valence-corrected chi connectivity index (χ0v) is 10.7. The van der Waals surface area contributed by atoms with Gasteiger partial charge in [0.25, 0.3) is 0 Å². The maximum Gasteiger partial charge on any atom is 0.234 e. The lowest BCUT2D eigenvalue weighted by Crippen LogP contribution is -1.89. The normalized spacial score (nSPS) is 11.0. The second-order valence-electron chi connectivity index (χ2n) is 3.84. The van der Waals surface area contributed by atoms with Crippen LogP contribution in [0.3, 0.4) is 0 Å². The number of nitrogen functional groups attached to an aromatic ring is 1. The summed E-state index contributed by atoms with van der Waals surface area (Å²) < 4.78 is 16.3. The fourth-order valence-corrected chi connectivity index (χ4v) is 2.05. The molecule has 0 saturated heterocycles. The summed E-state index contributed by atoms with van der Waals surface area (Å²) in [5.74, 6) is 0.154. The van der Waals surface area contributed by atoms with Crippen LogP contribution in [-0.4, -0.2) is 14.4 Å². The van der Waals surface area contributed by atoms with Crippen molar-refractivity contribution in [2.24, 2.45) is 0 Å². The summed E-state index contributed by atoms with van der Waals surface area (Å²) in [4.78, 5) is 8.39. The van der Waals surface area contributed by atoms with E-state index in [0.717, 1.165) is 4.47 Å². The first kappa shape index (κ1) is 11.2. The lowest BCUT2D eigenvalue weighted by atomic mass is 10.1. The van der Waals surface area contributed by atoms with Crippen molar-refractivity contribution in [3.05, 3.63) is 47.1 Å². The summed E-state index contributed by atoms with van der Waals surface area (Å²) in [6.07, 6.45) is 5.16. The smallest absolute Gasteiger partial charge is 0.234 e. The van der Waals surface area contributed by atoms with Gasteiger partial charge in [0.1, 0.15) is 5.82 Å². The highest BCUT2D eigenvalue weighted by molar-refractivity contribution is 9.10. The molecule has 0 fully saturated rings. The Morgan fingerprint density at radius 2 is 2.11 bits per heavy atom. The fourth-order valence-electron chi connectivity index (χ4n) is 1.73. The van der Waals surface area contributed by atoms with Crippen LogP contribution < -0.4 is 5.73 Å². The molecule has 0 radical (unpaired) electrons. The summed E-state index contributed by atoms with van der Waals surface area (Å²) in [6.45, 7) is 0. The summed E-state index contributed by atoms with van der Waals surface area (Å²) in [6, 6.07) is 4.41. The van der Waals surface area contributed by atoms with Crippen LogP contribution in [0.25, 0.3) is 17.0 Å². The monoisotopic (exact) mass is 306 g/mol. The van der Waals surface area contributed by atoms with E-state index in [-0.39, 0.29) is 5.82 Å². The molecule has 0 unspecified atom stereocenters. The Kier molecular flexibility index (Phi) is 2.52.